The van der Waals surface area contributed by atoms with E-state index in [1.807, 2.05) is 32.9 Å². The summed E-state index contributed by atoms with van der Waals surface area (Å²) in [6.45, 7) is 13.6. The molecule has 1 atom stereocenters. The SMILES string of the molecule is C=CC(C)(C)c1cc2cc3c(cc2oc1=O)OC(C(=C)C)C3. The Morgan fingerprint density at radius 3 is 2.73 bits per heavy atom. The van der Waals surface area contributed by atoms with Crippen LogP contribution in [0.1, 0.15) is 31.9 Å². The summed E-state index contributed by atoms with van der Waals surface area (Å²) in [6.07, 6.45) is 2.57. The van der Waals surface area contributed by atoms with E-state index in [4.69, 9.17) is 9.15 Å². The van der Waals surface area contributed by atoms with Crippen molar-refractivity contribution in [3.63, 3.8) is 0 Å². The monoisotopic (exact) mass is 296 g/mol. The van der Waals surface area contributed by atoms with Crippen molar-refractivity contribution in [2.75, 3.05) is 0 Å². The molecule has 0 spiro atoms. The minimum Gasteiger partial charge on any atom is -0.485 e. The topological polar surface area (TPSA) is 39.4 Å². The van der Waals surface area contributed by atoms with Gasteiger partial charge in [-0.05, 0) is 30.2 Å². The predicted molar refractivity (Wildman–Crippen MR) is 88.6 cm³/mol. The second kappa shape index (κ2) is 4.87. The Labute approximate surface area is 129 Å². The number of fused-ring (bicyclic) bond motifs is 2. The molecule has 1 aromatic heterocycles. The molecule has 0 aliphatic carbocycles. The van der Waals surface area contributed by atoms with Gasteiger partial charge in [-0.15, -0.1) is 6.58 Å². The lowest BCUT2D eigenvalue weighted by Gasteiger charge is -2.18. The zero-order valence-electron chi connectivity index (χ0n) is 13.2. The van der Waals surface area contributed by atoms with Gasteiger partial charge in [0.25, 0.3) is 0 Å². The summed E-state index contributed by atoms with van der Waals surface area (Å²) < 4.78 is 11.4. The van der Waals surface area contributed by atoms with Gasteiger partial charge in [0.15, 0.2) is 0 Å². The Bertz CT molecular complexity index is 840. The van der Waals surface area contributed by atoms with Crippen molar-refractivity contribution in [2.45, 2.75) is 38.7 Å². The van der Waals surface area contributed by atoms with Crippen LogP contribution in [0.15, 0.2) is 52.2 Å². The van der Waals surface area contributed by atoms with Crippen LogP contribution in [0.2, 0.25) is 0 Å². The number of hydrogen-bond donors (Lipinski definition) is 0. The van der Waals surface area contributed by atoms with Gasteiger partial charge >= 0.3 is 5.63 Å². The number of benzene rings is 1. The lowest BCUT2D eigenvalue weighted by molar-refractivity contribution is 0.271. The van der Waals surface area contributed by atoms with Gasteiger partial charge in [0.05, 0.1) is 0 Å². The van der Waals surface area contributed by atoms with Gasteiger partial charge in [0.1, 0.15) is 17.4 Å². The van der Waals surface area contributed by atoms with Crippen LogP contribution in [0.4, 0.5) is 0 Å². The summed E-state index contributed by atoms with van der Waals surface area (Å²) in [5.41, 5.74) is 2.53. The smallest absolute Gasteiger partial charge is 0.340 e. The maximum Gasteiger partial charge on any atom is 0.340 e. The number of hydrogen-bond acceptors (Lipinski definition) is 3. The number of allylic oxidation sites excluding steroid dienone is 1. The quantitative estimate of drug-likeness (QED) is 0.631. The van der Waals surface area contributed by atoms with Gasteiger partial charge in [0, 0.05) is 28.9 Å². The molecule has 2 heterocycles. The van der Waals surface area contributed by atoms with Crippen LogP contribution in [0, 0.1) is 0 Å². The van der Waals surface area contributed by atoms with E-state index in [-0.39, 0.29) is 11.7 Å². The largest absolute Gasteiger partial charge is 0.485 e. The van der Waals surface area contributed by atoms with E-state index in [1.165, 1.54) is 0 Å². The lowest BCUT2D eigenvalue weighted by Crippen LogP contribution is -2.22. The Hall–Kier alpha value is -2.29. The van der Waals surface area contributed by atoms with Crippen molar-refractivity contribution < 1.29 is 9.15 Å². The molecule has 1 aliphatic heterocycles. The molecule has 0 saturated carbocycles. The molecule has 3 heteroatoms. The zero-order chi connectivity index (χ0) is 16.1. The summed E-state index contributed by atoms with van der Waals surface area (Å²) in [5, 5.41) is 0.911. The molecule has 3 nitrogen and oxygen atoms in total. The third-order valence-electron chi connectivity index (χ3n) is 4.34. The van der Waals surface area contributed by atoms with Gasteiger partial charge in [-0.2, -0.15) is 0 Å². The Morgan fingerprint density at radius 1 is 1.36 bits per heavy atom. The molecular formula is C19H20O3. The molecule has 1 aromatic carbocycles. The Kier molecular flexibility index (Phi) is 3.24. The van der Waals surface area contributed by atoms with E-state index in [2.05, 4.69) is 13.2 Å². The number of rotatable bonds is 3. The molecule has 2 aromatic rings. The second-order valence-electron chi connectivity index (χ2n) is 6.53. The van der Waals surface area contributed by atoms with Crippen molar-refractivity contribution in [1.82, 2.24) is 0 Å². The maximum absolute atomic E-state index is 12.2. The van der Waals surface area contributed by atoms with Crippen molar-refractivity contribution in [1.29, 1.82) is 0 Å². The van der Waals surface area contributed by atoms with Gasteiger partial charge in [-0.1, -0.05) is 26.5 Å². The molecule has 0 fully saturated rings. The first-order valence-corrected chi connectivity index (χ1v) is 7.39. The Morgan fingerprint density at radius 2 is 2.09 bits per heavy atom. The molecule has 3 rings (SSSR count). The van der Waals surface area contributed by atoms with Crippen molar-refractivity contribution in [2.24, 2.45) is 0 Å². The molecule has 0 saturated heterocycles. The van der Waals surface area contributed by atoms with Crippen LogP contribution in [0.5, 0.6) is 5.75 Å². The van der Waals surface area contributed by atoms with E-state index in [9.17, 15) is 4.79 Å². The van der Waals surface area contributed by atoms with Crippen molar-refractivity contribution >= 4 is 11.0 Å². The normalized spacial score (nSPS) is 17.1. The van der Waals surface area contributed by atoms with Crippen LogP contribution < -0.4 is 10.4 Å². The van der Waals surface area contributed by atoms with E-state index < -0.39 is 5.41 Å². The highest BCUT2D eigenvalue weighted by Crippen LogP contribution is 2.35. The minimum atomic E-state index is -0.426. The minimum absolute atomic E-state index is 0.00243. The third-order valence-corrected chi connectivity index (χ3v) is 4.34. The number of ether oxygens (including phenoxy) is 1. The summed E-state index contributed by atoms with van der Waals surface area (Å²) in [5.74, 6) is 0.777. The molecule has 0 N–H and O–H groups in total. The first-order valence-electron chi connectivity index (χ1n) is 7.39. The van der Waals surface area contributed by atoms with Gasteiger partial charge in [0.2, 0.25) is 0 Å². The van der Waals surface area contributed by atoms with Crippen LogP contribution in [0.3, 0.4) is 0 Å². The molecule has 114 valence electrons. The third kappa shape index (κ3) is 2.27. The van der Waals surface area contributed by atoms with Crippen molar-refractivity contribution in [3.05, 3.63) is 64.6 Å². The van der Waals surface area contributed by atoms with E-state index >= 15 is 0 Å². The van der Waals surface area contributed by atoms with E-state index in [1.54, 1.807) is 12.1 Å². The fourth-order valence-corrected chi connectivity index (χ4v) is 2.69. The van der Waals surface area contributed by atoms with Gasteiger partial charge < -0.3 is 9.15 Å². The first kappa shape index (κ1) is 14.6. The van der Waals surface area contributed by atoms with Crippen LogP contribution >= 0.6 is 0 Å². The average Bonchev–Trinajstić information content (AvgIpc) is 2.87. The maximum atomic E-state index is 12.2. The average molecular weight is 296 g/mol. The lowest BCUT2D eigenvalue weighted by atomic mass is 9.85. The summed E-state index contributed by atoms with van der Waals surface area (Å²) >= 11 is 0. The van der Waals surface area contributed by atoms with Crippen LogP contribution in [0.25, 0.3) is 11.0 Å². The van der Waals surface area contributed by atoms with Crippen LogP contribution in [-0.4, -0.2) is 6.10 Å². The zero-order valence-corrected chi connectivity index (χ0v) is 13.2. The summed E-state index contributed by atoms with van der Waals surface area (Å²) in [7, 11) is 0. The first-order chi connectivity index (χ1) is 10.3. The highest BCUT2D eigenvalue weighted by Gasteiger charge is 2.26. The standard InChI is InChI=1S/C19H20O3/c1-6-19(4,5)14-8-12-7-13-9-15(11(2)3)21-16(13)10-17(12)22-18(14)20/h6-8,10,15H,1-2,9H2,3-5H3. The molecule has 0 amide bonds. The second-order valence-corrected chi connectivity index (χ2v) is 6.53. The molecule has 0 bridgehead atoms. The Balaban J connectivity index is 2.16. The summed E-state index contributed by atoms with van der Waals surface area (Å²) in [4.78, 5) is 12.2. The molecule has 0 radical (unpaired) electrons. The summed E-state index contributed by atoms with van der Waals surface area (Å²) in [6, 6.07) is 5.75. The molecule has 22 heavy (non-hydrogen) atoms. The van der Waals surface area contributed by atoms with Gasteiger partial charge in [-0.25, -0.2) is 4.79 Å². The predicted octanol–water partition coefficient (Wildman–Crippen LogP) is 4.14. The fraction of sp³-hybridized carbons (Fsp3) is 0.316. The highest BCUT2D eigenvalue weighted by molar-refractivity contribution is 5.80. The van der Waals surface area contributed by atoms with Crippen molar-refractivity contribution in [3.8, 4) is 5.75 Å². The van der Waals surface area contributed by atoms with Crippen LogP contribution in [-0.2, 0) is 11.8 Å². The van der Waals surface area contributed by atoms with Gasteiger partial charge in [-0.3, -0.25) is 0 Å². The molecular weight excluding hydrogens is 276 g/mol. The van der Waals surface area contributed by atoms with E-state index in [0.29, 0.717) is 11.1 Å². The van der Waals surface area contributed by atoms with E-state index in [0.717, 1.165) is 28.7 Å². The fourth-order valence-electron chi connectivity index (χ4n) is 2.69. The highest BCUT2D eigenvalue weighted by atomic mass is 16.5. The molecule has 1 unspecified atom stereocenters. The molecule has 1 aliphatic rings.